The number of halogens is 2. The van der Waals surface area contributed by atoms with Crippen molar-refractivity contribution in [2.75, 3.05) is 13.1 Å². The van der Waals surface area contributed by atoms with Gasteiger partial charge in [-0.05, 0) is 35.4 Å². The van der Waals surface area contributed by atoms with Gasteiger partial charge < -0.3 is 10.1 Å². The number of rotatable bonds is 7. The van der Waals surface area contributed by atoms with E-state index in [0.29, 0.717) is 43.1 Å². The van der Waals surface area contributed by atoms with Crippen molar-refractivity contribution in [2.45, 2.75) is 19.2 Å². The van der Waals surface area contributed by atoms with Gasteiger partial charge in [-0.1, -0.05) is 48.5 Å². The van der Waals surface area contributed by atoms with E-state index in [1.165, 1.54) is 6.07 Å². The Kier molecular flexibility index (Phi) is 6.05. The van der Waals surface area contributed by atoms with Crippen LogP contribution in [0.3, 0.4) is 0 Å². The minimum absolute atomic E-state index is 0.0571. The van der Waals surface area contributed by atoms with Crippen LogP contribution in [-0.2, 0) is 13.1 Å². The van der Waals surface area contributed by atoms with Gasteiger partial charge in [-0.25, -0.2) is 8.78 Å². The minimum Gasteiger partial charge on any atom is -0.487 e. The lowest BCUT2D eigenvalue weighted by Crippen LogP contribution is -2.53. The number of carbonyl (C=O) groups excluding carboxylic acids is 1. The summed E-state index contributed by atoms with van der Waals surface area (Å²) in [6, 6.07) is 20.8. The number of hydrogen-bond donors (Lipinski definition) is 1. The molecule has 1 saturated heterocycles. The van der Waals surface area contributed by atoms with Crippen molar-refractivity contribution >= 4 is 5.91 Å². The molecule has 0 spiro atoms. The highest BCUT2D eigenvalue weighted by molar-refractivity contribution is 5.96. The van der Waals surface area contributed by atoms with E-state index >= 15 is 0 Å². The second kappa shape index (κ2) is 9.05. The second-order valence-electron chi connectivity index (χ2n) is 7.35. The fraction of sp³-hybridized carbons (Fsp3) is 0.208. The Hall–Kier alpha value is -3.25. The van der Waals surface area contributed by atoms with Crippen LogP contribution in [0.25, 0.3) is 0 Å². The van der Waals surface area contributed by atoms with Gasteiger partial charge in [0.05, 0.1) is 5.56 Å². The molecule has 0 atom stereocenters. The molecule has 1 aliphatic heterocycles. The van der Waals surface area contributed by atoms with Gasteiger partial charge in [-0.15, -0.1) is 0 Å². The summed E-state index contributed by atoms with van der Waals surface area (Å²) < 4.78 is 32.4. The second-order valence-corrected chi connectivity index (χ2v) is 7.35. The first kappa shape index (κ1) is 20.0. The lowest BCUT2D eigenvalue weighted by Gasteiger charge is -2.39. The lowest BCUT2D eigenvalue weighted by molar-refractivity contribution is 0.0140. The Morgan fingerprint density at radius 2 is 1.67 bits per heavy atom. The molecule has 6 heteroatoms. The summed E-state index contributed by atoms with van der Waals surface area (Å²) in [5, 5.41) is 2.92. The summed E-state index contributed by atoms with van der Waals surface area (Å²) >= 11 is 0. The van der Waals surface area contributed by atoms with Crippen molar-refractivity contribution < 1.29 is 18.3 Å². The number of para-hydroxylation sites is 1. The molecule has 1 N–H and O–H groups in total. The van der Waals surface area contributed by atoms with Gasteiger partial charge in [0.1, 0.15) is 11.9 Å². The monoisotopic (exact) mass is 408 g/mol. The summed E-state index contributed by atoms with van der Waals surface area (Å²) in [4.78, 5) is 14.7. The van der Waals surface area contributed by atoms with Crippen LogP contribution in [0.15, 0.2) is 72.8 Å². The van der Waals surface area contributed by atoms with Crippen LogP contribution >= 0.6 is 0 Å². The van der Waals surface area contributed by atoms with Crippen LogP contribution in [0.5, 0.6) is 5.75 Å². The molecule has 1 fully saturated rings. The molecule has 0 bridgehead atoms. The van der Waals surface area contributed by atoms with Crippen molar-refractivity contribution in [3.8, 4) is 5.75 Å². The molecule has 1 amide bonds. The molecule has 1 aliphatic rings. The lowest BCUT2D eigenvalue weighted by atomic mass is 10.1. The first-order chi connectivity index (χ1) is 14.6. The van der Waals surface area contributed by atoms with E-state index in [2.05, 4.69) is 10.2 Å². The number of ether oxygens (including phenoxy) is 1. The third-order valence-corrected chi connectivity index (χ3v) is 5.04. The van der Waals surface area contributed by atoms with Crippen LogP contribution in [0.2, 0.25) is 0 Å². The molecule has 1 heterocycles. The van der Waals surface area contributed by atoms with Crippen molar-refractivity contribution in [1.29, 1.82) is 0 Å². The summed E-state index contributed by atoms with van der Waals surface area (Å²) in [5.41, 5.74) is 2.23. The number of benzene rings is 3. The molecule has 154 valence electrons. The molecule has 0 saturated carbocycles. The van der Waals surface area contributed by atoms with Gasteiger partial charge in [-0.3, -0.25) is 9.69 Å². The topological polar surface area (TPSA) is 41.6 Å². The highest BCUT2D eigenvalue weighted by Crippen LogP contribution is 2.24. The molecule has 3 aromatic carbocycles. The van der Waals surface area contributed by atoms with E-state index in [1.54, 1.807) is 24.3 Å². The molecule has 0 unspecified atom stereocenters. The summed E-state index contributed by atoms with van der Waals surface area (Å²) in [5.74, 6) is -1.32. The number of nitrogens with one attached hydrogen (secondary N) is 1. The maximum absolute atomic E-state index is 13.4. The zero-order valence-electron chi connectivity index (χ0n) is 16.4. The Morgan fingerprint density at radius 3 is 2.43 bits per heavy atom. The van der Waals surface area contributed by atoms with Crippen LogP contribution < -0.4 is 10.1 Å². The number of carbonyl (C=O) groups is 1. The standard InChI is InChI=1S/C24H22F2N2O2/c25-21-11-10-18(12-22(21)26)14-28-15-19(16-28)30-23-9-5-4-8-20(23)24(29)27-13-17-6-2-1-3-7-17/h1-12,19H,13-16H2,(H,27,29). The molecule has 4 rings (SSSR count). The molecular formula is C24H22F2N2O2. The Morgan fingerprint density at radius 1 is 0.933 bits per heavy atom. The van der Waals surface area contributed by atoms with E-state index < -0.39 is 11.6 Å². The molecule has 0 aromatic heterocycles. The number of amides is 1. The molecule has 4 nitrogen and oxygen atoms in total. The van der Waals surface area contributed by atoms with Crippen LogP contribution in [0.1, 0.15) is 21.5 Å². The first-order valence-electron chi connectivity index (χ1n) is 9.82. The molecule has 0 aliphatic carbocycles. The largest absolute Gasteiger partial charge is 0.487 e. The SMILES string of the molecule is O=C(NCc1ccccc1)c1ccccc1OC1CN(Cc2ccc(F)c(F)c2)C1. The fourth-order valence-electron chi connectivity index (χ4n) is 3.43. The fourth-order valence-corrected chi connectivity index (χ4v) is 3.43. The molecule has 30 heavy (non-hydrogen) atoms. The van der Waals surface area contributed by atoms with Crippen LogP contribution in [0.4, 0.5) is 8.78 Å². The van der Waals surface area contributed by atoms with E-state index in [1.807, 2.05) is 36.4 Å². The van der Waals surface area contributed by atoms with Crippen molar-refractivity contribution in [3.05, 3.63) is 101 Å². The highest BCUT2D eigenvalue weighted by Gasteiger charge is 2.29. The normalized spacial score (nSPS) is 14.2. The van der Waals surface area contributed by atoms with E-state index in [4.69, 9.17) is 4.74 Å². The van der Waals surface area contributed by atoms with Gasteiger partial charge in [0.2, 0.25) is 0 Å². The van der Waals surface area contributed by atoms with Gasteiger partial charge in [-0.2, -0.15) is 0 Å². The Labute approximate surface area is 174 Å². The smallest absolute Gasteiger partial charge is 0.255 e. The van der Waals surface area contributed by atoms with Crippen molar-refractivity contribution in [1.82, 2.24) is 10.2 Å². The van der Waals surface area contributed by atoms with Gasteiger partial charge in [0, 0.05) is 26.2 Å². The molecule has 3 aromatic rings. The van der Waals surface area contributed by atoms with Crippen LogP contribution in [0, 0.1) is 11.6 Å². The predicted molar refractivity (Wildman–Crippen MR) is 110 cm³/mol. The predicted octanol–water partition coefficient (Wildman–Crippen LogP) is 4.16. The van der Waals surface area contributed by atoms with Crippen LogP contribution in [-0.4, -0.2) is 30.0 Å². The summed E-state index contributed by atoms with van der Waals surface area (Å²) in [7, 11) is 0. The number of hydrogen-bond acceptors (Lipinski definition) is 3. The van der Waals surface area contributed by atoms with Crippen molar-refractivity contribution in [3.63, 3.8) is 0 Å². The third-order valence-electron chi connectivity index (χ3n) is 5.04. The average molecular weight is 408 g/mol. The zero-order chi connectivity index (χ0) is 20.9. The third kappa shape index (κ3) is 4.83. The molecule has 0 radical (unpaired) electrons. The number of nitrogens with zero attached hydrogens (tertiary/aromatic N) is 1. The minimum atomic E-state index is -0.842. The quantitative estimate of drug-likeness (QED) is 0.638. The van der Waals surface area contributed by atoms with Gasteiger partial charge in [0.15, 0.2) is 11.6 Å². The van der Waals surface area contributed by atoms with Gasteiger partial charge >= 0.3 is 0 Å². The maximum atomic E-state index is 13.4. The summed E-state index contributed by atoms with van der Waals surface area (Å²) in [6.45, 7) is 2.27. The van der Waals surface area contributed by atoms with E-state index in [-0.39, 0.29) is 12.0 Å². The average Bonchev–Trinajstić information content (AvgIpc) is 2.74. The van der Waals surface area contributed by atoms with E-state index in [0.717, 1.165) is 11.6 Å². The maximum Gasteiger partial charge on any atom is 0.255 e. The first-order valence-corrected chi connectivity index (χ1v) is 9.82. The summed E-state index contributed by atoms with van der Waals surface area (Å²) in [6.07, 6.45) is -0.0571. The highest BCUT2D eigenvalue weighted by atomic mass is 19.2. The Balaban J connectivity index is 1.31. The van der Waals surface area contributed by atoms with Crippen molar-refractivity contribution in [2.24, 2.45) is 0 Å². The zero-order valence-corrected chi connectivity index (χ0v) is 16.4. The van der Waals surface area contributed by atoms with Gasteiger partial charge in [0.25, 0.3) is 5.91 Å². The number of likely N-dealkylation sites (tertiary alicyclic amines) is 1. The van der Waals surface area contributed by atoms with E-state index in [9.17, 15) is 13.6 Å². The molecular weight excluding hydrogens is 386 g/mol. The Bertz CT molecular complexity index is 1020.